The molecule has 2 rings (SSSR count). The maximum atomic E-state index is 11.8. The molecule has 2 aromatic rings. The Morgan fingerprint density at radius 1 is 1.25 bits per heavy atom. The molecule has 0 fully saturated rings. The zero-order valence-corrected chi connectivity index (χ0v) is 12.5. The predicted molar refractivity (Wildman–Crippen MR) is 83.4 cm³/mol. The first-order chi connectivity index (χ1) is 9.56. The first-order valence-electron chi connectivity index (χ1n) is 5.93. The number of thiophene rings is 1. The molecule has 0 saturated carbocycles. The Bertz CT molecular complexity index is 620. The van der Waals surface area contributed by atoms with Gasteiger partial charge in [0.2, 0.25) is 5.91 Å². The van der Waals surface area contributed by atoms with Crippen LogP contribution in [-0.4, -0.2) is 17.6 Å². The second-order valence-corrected chi connectivity index (χ2v) is 6.14. The molecule has 6 heteroatoms. The van der Waals surface area contributed by atoms with E-state index in [1.807, 2.05) is 31.2 Å². The first kappa shape index (κ1) is 14.6. The third-order valence-electron chi connectivity index (χ3n) is 2.55. The molecule has 0 saturated heterocycles. The minimum absolute atomic E-state index is 0.156. The summed E-state index contributed by atoms with van der Waals surface area (Å²) in [7, 11) is 0. The zero-order valence-electron chi connectivity index (χ0n) is 10.9. The van der Waals surface area contributed by atoms with E-state index in [0.717, 1.165) is 4.90 Å². The summed E-state index contributed by atoms with van der Waals surface area (Å²) in [5.74, 6) is -0.394. The lowest BCUT2D eigenvalue weighted by molar-refractivity contribution is -0.113. The summed E-state index contributed by atoms with van der Waals surface area (Å²) < 4.78 is 0. The Hall–Kier alpha value is -1.79. The van der Waals surface area contributed by atoms with Gasteiger partial charge in [0, 0.05) is 4.90 Å². The summed E-state index contributed by atoms with van der Waals surface area (Å²) in [6, 6.07) is 9.65. The van der Waals surface area contributed by atoms with E-state index in [1.165, 1.54) is 28.7 Å². The summed E-state index contributed by atoms with van der Waals surface area (Å²) >= 11 is 2.67. The molecular formula is C14H14N2O2S2. The number of hydrogen-bond donors (Lipinski definition) is 2. The lowest BCUT2D eigenvalue weighted by atomic mass is 10.2. The molecule has 0 aliphatic rings. The number of aryl methyl sites for hydroxylation is 1. The molecule has 0 atom stereocenters. The van der Waals surface area contributed by atoms with Crippen molar-refractivity contribution >= 4 is 40.6 Å². The van der Waals surface area contributed by atoms with E-state index in [1.54, 1.807) is 11.4 Å². The summed E-state index contributed by atoms with van der Waals surface area (Å²) in [5.41, 5.74) is 6.90. The van der Waals surface area contributed by atoms with Gasteiger partial charge in [0.1, 0.15) is 4.88 Å². The summed E-state index contributed by atoms with van der Waals surface area (Å²) in [6.07, 6.45) is 0. The summed E-state index contributed by atoms with van der Waals surface area (Å²) in [4.78, 5) is 24.4. The minimum Gasteiger partial charge on any atom is -0.365 e. The predicted octanol–water partition coefficient (Wildman–Crippen LogP) is 2.89. The number of benzene rings is 1. The lowest BCUT2D eigenvalue weighted by Gasteiger charge is -2.05. The summed E-state index contributed by atoms with van der Waals surface area (Å²) in [5, 5.41) is 4.43. The maximum absolute atomic E-state index is 11.8. The quantitative estimate of drug-likeness (QED) is 0.834. The van der Waals surface area contributed by atoms with E-state index in [9.17, 15) is 9.59 Å². The summed E-state index contributed by atoms with van der Waals surface area (Å²) in [6.45, 7) is 2.02. The number of thioether (sulfide) groups is 1. The zero-order chi connectivity index (χ0) is 14.5. The highest BCUT2D eigenvalue weighted by Gasteiger charge is 2.12. The molecule has 2 amide bonds. The van der Waals surface area contributed by atoms with Gasteiger partial charge in [-0.05, 0) is 30.5 Å². The monoisotopic (exact) mass is 306 g/mol. The van der Waals surface area contributed by atoms with Gasteiger partial charge in [-0.15, -0.1) is 23.1 Å². The highest BCUT2D eigenvalue weighted by atomic mass is 32.2. The van der Waals surface area contributed by atoms with Crippen molar-refractivity contribution in [3.05, 3.63) is 46.2 Å². The van der Waals surface area contributed by atoms with Gasteiger partial charge in [0.15, 0.2) is 0 Å². The Labute approximate surface area is 125 Å². The molecule has 4 nitrogen and oxygen atoms in total. The number of anilines is 1. The number of primary amides is 1. The standard InChI is InChI=1S/C14H14N2O2S2/c1-9-2-4-10(5-3-9)20-8-12(17)16-11-6-7-19-13(11)14(15)18/h2-7H,8H2,1H3,(H2,15,18)(H,16,17). The van der Waals surface area contributed by atoms with Crippen LogP contribution in [0.4, 0.5) is 5.69 Å². The second kappa shape index (κ2) is 6.58. The van der Waals surface area contributed by atoms with Crippen LogP contribution in [-0.2, 0) is 4.79 Å². The van der Waals surface area contributed by atoms with E-state index in [4.69, 9.17) is 5.73 Å². The van der Waals surface area contributed by atoms with Crippen LogP contribution in [0.2, 0.25) is 0 Å². The molecule has 0 spiro atoms. The number of hydrogen-bond acceptors (Lipinski definition) is 4. The molecular weight excluding hydrogens is 292 g/mol. The Morgan fingerprint density at radius 2 is 1.95 bits per heavy atom. The van der Waals surface area contributed by atoms with E-state index in [0.29, 0.717) is 10.6 Å². The van der Waals surface area contributed by atoms with Crippen LogP contribution in [0, 0.1) is 6.92 Å². The normalized spacial score (nSPS) is 10.2. The fourth-order valence-corrected chi connectivity index (χ4v) is 2.97. The van der Waals surface area contributed by atoms with E-state index >= 15 is 0 Å². The van der Waals surface area contributed by atoms with Crippen molar-refractivity contribution in [1.82, 2.24) is 0 Å². The fourth-order valence-electron chi connectivity index (χ4n) is 1.57. The second-order valence-electron chi connectivity index (χ2n) is 4.18. The van der Waals surface area contributed by atoms with E-state index in [2.05, 4.69) is 5.32 Å². The maximum Gasteiger partial charge on any atom is 0.260 e. The van der Waals surface area contributed by atoms with Gasteiger partial charge in [0.05, 0.1) is 11.4 Å². The SMILES string of the molecule is Cc1ccc(SCC(=O)Nc2ccsc2C(N)=O)cc1. The van der Waals surface area contributed by atoms with Crippen molar-refractivity contribution < 1.29 is 9.59 Å². The van der Waals surface area contributed by atoms with Crippen molar-refractivity contribution in [3.8, 4) is 0 Å². The molecule has 0 bridgehead atoms. The Morgan fingerprint density at radius 3 is 2.60 bits per heavy atom. The third kappa shape index (κ3) is 3.85. The minimum atomic E-state index is -0.526. The van der Waals surface area contributed by atoms with Crippen LogP contribution < -0.4 is 11.1 Å². The highest BCUT2D eigenvalue weighted by Crippen LogP contribution is 2.23. The smallest absolute Gasteiger partial charge is 0.260 e. The van der Waals surface area contributed by atoms with E-state index < -0.39 is 5.91 Å². The van der Waals surface area contributed by atoms with Crippen molar-refractivity contribution in [3.63, 3.8) is 0 Å². The van der Waals surface area contributed by atoms with Crippen LogP contribution in [0.5, 0.6) is 0 Å². The topological polar surface area (TPSA) is 72.2 Å². The number of nitrogens with two attached hydrogens (primary N) is 1. The molecule has 0 radical (unpaired) electrons. The number of nitrogens with one attached hydrogen (secondary N) is 1. The average molecular weight is 306 g/mol. The third-order valence-corrected chi connectivity index (χ3v) is 4.50. The van der Waals surface area contributed by atoms with Crippen LogP contribution in [0.25, 0.3) is 0 Å². The van der Waals surface area contributed by atoms with Crippen LogP contribution >= 0.6 is 23.1 Å². The van der Waals surface area contributed by atoms with E-state index in [-0.39, 0.29) is 11.7 Å². The van der Waals surface area contributed by atoms with Gasteiger partial charge in [-0.3, -0.25) is 9.59 Å². The van der Waals surface area contributed by atoms with Crippen molar-refractivity contribution in [2.45, 2.75) is 11.8 Å². The van der Waals surface area contributed by atoms with Gasteiger partial charge in [0.25, 0.3) is 5.91 Å². The van der Waals surface area contributed by atoms with Gasteiger partial charge >= 0.3 is 0 Å². The van der Waals surface area contributed by atoms with Gasteiger partial charge in [-0.2, -0.15) is 0 Å². The number of carbonyl (C=O) groups excluding carboxylic acids is 2. The van der Waals surface area contributed by atoms with Crippen molar-refractivity contribution in [2.75, 3.05) is 11.1 Å². The largest absolute Gasteiger partial charge is 0.365 e. The molecule has 0 aliphatic carbocycles. The molecule has 0 aliphatic heterocycles. The number of amides is 2. The van der Waals surface area contributed by atoms with Crippen LogP contribution in [0.15, 0.2) is 40.6 Å². The highest BCUT2D eigenvalue weighted by molar-refractivity contribution is 8.00. The average Bonchev–Trinajstić information content (AvgIpc) is 2.86. The number of rotatable bonds is 5. The van der Waals surface area contributed by atoms with Crippen LogP contribution in [0.1, 0.15) is 15.2 Å². The Balaban J connectivity index is 1.91. The van der Waals surface area contributed by atoms with Crippen molar-refractivity contribution in [1.29, 1.82) is 0 Å². The molecule has 1 heterocycles. The van der Waals surface area contributed by atoms with Gasteiger partial charge < -0.3 is 11.1 Å². The number of carbonyl (C=O) groups is 2. The molecule has 1 aromatic heterocycles. The molecule has 3 N–H and O–H groups in total. The Kier molecular flexibility index (Phi) is 4.81. The molecule has 1 aromatic carbocycles. The van der Waals surface area contributed by atoms with Gasteiger partial charge in [-0.25, -0.2) is 0 Å². The lowest BCUT2D eigenvalue weighted by Crippen LogP contribution is -2.17. The fraction of sp³-hybridized carbons (Fsp3) is 0.143. The van der Waals surface area contributed by atoms with Crippen molar-refractivity contribution in [2.24, 2.45) is 5.73 Å². The molecule has 20 heavy (non-hydrogen) atoms. The molecule has 104 valence electrons. The van der Waals surface area contributed by atoms with Gasteiger partial charge in [-0.1, -0.05) is 17.7 Å². The first-order valence-corrected chi connectivity index (χ1v) is 7.79. The van der Waals surface area contributed by atoms with Crippen LogP contribution in [0.3, 0.4) is 0 Å². The molecule has 0 unspecified atom stereocenters.